The smallest absolute Gasteiger partial charge is 0.161 e. The number of hydrogen-bond acceptors (Lipinski definition) is 2. The molecule has 0 spiro atoms. The topological polar surface area (TPSA) is 18.5 Å². The molecule has 3 heteroatoms. The van der Waals surface area contributed by atoms with Gasteiger partial charge in [0.15, 0.2) is 9.76 Å². The van der Waals surface area contributed by atoms with Gasteiger partial charge in [-0.2, -0.15) is 0 Å². The third-order valence-corrected chi connectivity index (χ3v) is 6.45. The largest absolute Gasteiger partial charge is 0.424 e. The van der Waals surface area contributed by atoms with Crippen LogP contribution in [-0.2, 0) is 9.16 Å². The molecular formula is C15H30O2Si. The molecular weight excluding hydrogens is 240 g/mol. The summed E-state index contributed by atoms with van der Waals surface area (Å²) in [7, 11) is 1.60. The van der Waals surface area contributed by atoms with E-state index in [1.54, 1.807) is 0 Å². The fraction of sp³-hybridized carbons (Fsp3) is 1.00. The molecule has 0 radical (unpaired) electrons. The van der Waals surface area contributed by atoms with Gasteiger partial charge in [-0.3, -0.25) is 0 Å². The Morgan fingerprint density at radius 3 is 2.44 bits per heavy atom. The van der Waals surface area contributed by atoms with Crippen LogP contribution < -0.4 is 0 Å². The van der Waals surface area contributed by atoms with Gasteiger partial charge in [0, 0.05) is 19.6 Å². The fourth-order valence-corrected chi connectivity index (χ4v) is 5.18. The molecule has 2 aliphatic rings. The van der Waals surface area contributed by atoms with E-state index in [0.717, 1.165) is 12.5 Å². The quantitative estimate of drug-likeness (QED) is 0.545. The first kappa shape index (κ1) is 14.5. The SMILES string of the molecule is COC1CCCCC1CO[SiH2]CC1CCCCC1. The molecule has 0 amide bonds. The molecule has 0 aromatic carbocycles. The molecule has 2 saturated carbocycles. The van der Waals surface area contributed by atoms with Crippen molar-refractivity contribution in [2.75, 3.05) is 13.7 Å². The summed E-state index contributed by atoms with van der Waals surface area (Å²) < 4.78 is 11.7. The highest BCUT2D eigenvalue weighted by Crippen LogP contribution is 2.28. The highest BCUT2D eigenvalue weighted by atomic mass is 28.2. The van der Waals surface area contributed by atoms with Crippen molar-refractivity contribution in [2.24, 2.45) is 11.8 Å². The van der Waals surface area contributed by atoms with Gasteiger partial charge in [-0.25, -0.2) is 0 Å². The molecule has 0 heterocycles. The van der Waals surface area contributed by atoms with Crippen molar-refractivity contribution in [3.05, 3.63) is 0 Å². The van der Waals surface area contributed by atoms with Gasteiger partial charge in [-0.15, -0.1) is 0 Å². The van der Waals surface area contributed by atoms with Crippen LogP contribution >= 0.6 is 0 Å². The summed E-state index contributed by atoms with van der Waals surface area (Å²) in [6.07, 6.45) is 13.1. The molecule has 0 saturated heterocycles. The zero-order valence-electron chi connectivity index (χ0n) is 12.0. The van der Waals surface area contributed by atoms with Crippen molar-refractivity contribution < 1.29 is 9.16 Å². The average Bonchev–Trinajstić information content (AvgIpc) is 2.45. The predicted octanol–water partition coefficient (Wildman–Crippen LogP) is 3.29. The van der Waals surface area contributed by atoms with E-state index < -0.39 is 0 Å². The van der Waals surface area contributed by atoms with E-state index in [-0.39, 0.29) is 9.76 Å². The lowest BCUT2D eigenvalue weighted by atomic mass is 9.87. The molecule has 2 nitrogen and oxygen atoms in total. The third kappa shape index (κ3) is 4.67. The van der Waals surface area contributed by atoms with Gasteiger partial charge >= 0.3 is 0 Å². The van der Waals surface area contributed by atoms with Crippen molar-refractivity contribution in [2.45, 2.75) is 69.9 Å². The van der Waals surface area contributed by atoms with Crippen molar-refractivity contribution in [3.63, 3.8) is 0 Å². The number of hydrogen-bond donors (Lipinski definition) is 0. The van der Waals surface area contributed by atoms with Crippen LogP contribution in [0.4, 0.5) is 0 Å². The van der Waals surface area contributed by atoms with Crippen molar-refractivity contribution in [3.8, 4) is 0 Å². The Hall–Kier alpha value is 0.137. The standard InChI is InChI=1S/C15H30O2Si/c1-16-15-10-6-5-9-14(15)11-17-18-12-13-7-3-2-4-8-13/h13-15H,2-12,18H2,1H3. The molecule has 2 aliphatic carbocycles. The second-order valence-corrected chi connectivity index (χ2v) is 7.58. The number of methoxy groups -OCH3 is 1. The Kier molecular flexibility index (Phi) is 6.74. The van der Waals surface area contributed by atoms with Gasteiger partial charge in [-0.1, -0.05) is 44.9 Å². The average molecular weight is 270 g/mol. The van der Waals surface area contributed by atoms with E-state index in [9.17, 15) is 0 Å². The van der Waals surface area contributed by atoms with Crippen molar-refractivity contribution >= 4 is 9.76 Å². The third-order valence-electron chi connectivity index (χ3n) is 4.87. The molecule has 0 N–H and O–H groups in total. The second kappa shape index (κ2) is 8.34. The molecule has 2 fully saturated rings. The van der Waals surface area contributed by atoms with Crippen molar-refractivity contribution in [1.29, 1.82) is 0 Å². The van der Waals surface area contributed by atoms with E-state index in [4.69, 9.17) is 9.16 Å². The van der Waals surface area contributed by atoms with Crippen molar-refractivity contribution in [1.82, 2.24) is 0 Å². The van der Waals surface area contributed by atoms with Gasteiger partial charge in [0.1, 0.15) is 0 Å². The molecule has 106 valence electrons. The van der Waals surface area contributed by atoms with Crippen LogP contribution in [0, 0.1) is 11.8 Å². The molecule has 0 aromatic rings. The molecule has 0 aromatic heterocycles. The lowest BCUT2D eigenvalue weighted by molar-refractivity contribution is 0.00510. The summed E-state index contributed by atoms with van der Waals surface area (Å²) in [6.45, 7) is 0.984. The summed E-state index contributed by atoms with van der Waals surface area (Å²) in [5.41, 5.74) is 0. The Morgan fingerprint density at radius 2 is 1.67 bits per heavy atom. The predicted molar refractivity (Wildman–Crippen MR) is 78.6 cm³/mol. The van der Waals surface area contributed by atoms with E-state index in [0.29, 0.717) is 12.0 Å². The Labute approximate surface area is 115 Å². The van der Waals surface area contributed by atoms with Crippen LogP contribution in [0.15, 0.2) is 0 Å². The summed E-state index contributed by atoms with van der Waals surface area (Å²) >= 11 is 0. The summed E-state index contributed by atoms with van der Waals surface area (Å²) in [4.78, 5) is 0. The molecule has 2 rings (SSSR count). The number of rotatable bonds is 6. The van der Waals surface area contributed by atoms with Crippen LogP contribution in [0.1, 0.15) is 57.8 Å². The fourth-order valence-electron chi connectivity index (χ4n) is 3.64. The molecule has 18 heavy (non-hydrogen) atoms. The summed E-state index contributed by atoms with van der Waals surface area (Å²) in [6, 6.07) is 1.42. The maximum absolute atomic E-state index is 6.07. The summed E-state index contributed by atoms with van der Waals surface area (Å²) in [5.74, 6) is 1.69. The lowest BCUT2D eigenvalue weighted by Crippen LogP contribution is -2.30. The minimum Gasteiger partial charge on any atom is -0.424 e. The molecule has 2 atom stereocenters. The number of ether oxygens (including phenoxy) is 1. The second-order valence-electron chi connectivity index (χ2n) is 6.19. The van der Waals surface area contributed by atoms with Gasteiger partial charge in [0.25, 0.3) is 0 Å². The van der Waals surface area contributed by atoms with Gasteiger partial charge in [0.2, 0.25) is 0 Å². The highest BCUT2D eigenvalue weighted by Gasteiger charge is 2.24. The first-order valence-electron chi connectivity index (χ1n) is 8.00. The first-order chi connectivity index (χ1) is 8.90. The Bertz CT molecular complexity index is 217. The minimum absolute atomic E-state index is 0.264. The van der Waals surface area contributed by atoms with Gasteiger partial charge < -0.3 is 9.16 Å². The first-order valence-corrected chi connectivity index (χ1v) is 9.58. The van der Waals surface area contributed by atoms with Crippen LogP contribution in [-0.4, -0.2) is 29.6 Å². The van der Waals surface area contributed by atoms with Gasteiger partial charge in [-0.05, 0) is 24.8 Å². The van der Waals surface area contributed by atoms with Crippen LogP contribution in [0.25, 0.3) is 0 Å². The van der Waals surface area contributed by atoms with Crippen LogP contribution in [0.2, 0.25) is 6.04 Å². The molecule has 2 unspecified atom stereocenters. The zero-order valence-corrected chi connectivity index (χ0v) is 13.4. The zero-order chi connectivity index (χ0) is 12.6. The Morgan fingerprint density at radius 1 is 0.944 bits per heavy atom. The summed E-state index contributed by atoms with van der Waals surface area (Å²) in [5, 5.41) is 0. The molecule has 0 aliphatic heterocycles. The maximum Gasteiger partial charge on any atom is 0.161 e. The maximum atomic E-state index is 6.07. The Balaban J connectivity index is 1.56. The molecule has 0 bridgehead atoms. The van der Waals surface area contributed by atoms with Gasteiger partial charge in [0.05, 0.1) is 6.10 Å². The minimum atomic E-state index is -0.264. The van der Waals surface area contributed by atoms with Crippen LogP contribution in [0.5, 0.6) is 0 Å². The normalized spacial score (nSPS) is 31.2. The lowest BCUT2D eigenvalue weighted by Gasteiger charge is -2.30. The van der Waals surface area contributed by atoms with Crippen LogP contribution in [0.3, 0.4) is 0 Å². The van der Waals surface area contributed by atoms with E-state index >= 15 is 0 Å². The van der Waals surface area contributed by atoms with E-state index in [1.807, 2.05) is 7.11 Å². The monoisotopic (exact) mass is 270 g/mol. The van der Waals surface area contributed by atoms with E-state index in [2.05, 4.69) is 0 Å². The highest BCUT2D eigenvalue weighted by molar-refractivity contribution is 6.27. The van der Waals surface area contributed by atoms with E-state index in [1.165, 1.54) is 63.8 Å².